The molecule has 3 aromatic rings. The van der Waals surface area contributed by atoms with Gasteiger partial charge in [0.15, 0.2) is 0 Å². The molecule has 1 fully saturated rings. The third-order valence-electron chi connectivity index (χ3n) is 7.89. The summed E-state index contributed by atoms with van der Waals surface area (Å²) >= 11 is 0. The van der Waals surface area contributed by atoms with Crippen molar-refractivity contribution in [2.24, 2.45) is 10.9 Å². The van der Waals surface area contributed by atoms with Crippen LogP contribution in [-0.4, -0.2) is 47.1 Å². The zero-order chi connectivity index (χ0) is 26.2. The summed E-state index contributed by atoms with van der Waals surface area (Å²) in [5, 5.41) is 3.70. The normalized spacial score (nSPS) is 21.2. The van der Waals surface area contributed by atoms with Crippen molar-refractivity contribution in [1.82, 2.24) is 14.7 Å². The molecular weight excluding hydrogens is 463 g/mol. The molecule has 194 valence electrons. The number of ether oxygens (including phenoxy) is 1. The van der Waals surface area contributed by atoms with Gasteiger partial charge in [0, 0.05) is 31.0 Å². The zero-order valence-corrected chi connectivity index (χ0v) is 22.7. The predicted octanol–water partition coefficient (Wildman–Crippen LogP) is 4.53. The summed E-state index contributed by atoms with van der Waals surface area (Å²) in [6, 6.07) is 12.4. The molecule has 0 bridgehead atoms. The first-order valence-electron chi connectivity index (χ1n) is 13.1. The summed E-state index contributed by atoms with van der Waals surface area (Å²) in [6.45, 7) is 12.1. The molecule has 1 unspecified atom stereocenters. The van der Waals surface area contributed by atoms with Gasteiger partial charge in [-0.2, -0.15) is 0 Å². The van der Waals surface area contributed by atoms with E-state index in [0.29, 0.717) is 5.92 Å². The Kier molecular flexibility index (Phi) is 6.90. The minimum atomic E-state index is -0.343. The van der Waals surface area contributed by atoms with Crippen LogP contribution in [0.15, 0.2) is 65.6 Å². The Bertz CT molecular complexity index is 1310. The summed E-state index contributed by atoms with van der Waals surface area (Å²) in [6.07, 6.45) is 8.22. The number of imidazole rings is 1. The monoisotopic (exact) mass is 500 g/mol. The van der Waals surface area contributed by atoms with Gasteiger partial charge in [-0.15, -0.1) is 0 Å². The molecule has 1 N–H and O–H groups in total. The van der Waals surface area contributed by atoms with Crippen molar-refractivity contribution in [2.75, 3.05) is 13.7 Å². The van der Waals surface area contributed by atoms with Crippen LogP contribution in [-0.2, 0) is 15.9 Å². The first kappa shape index (κ1) is 25.6. The van der Waals surface area contributed by atoms with E-state index < -0.39 is 0 Å². The number of pyridine rings is 1. The summed E-state index contributed by atoms with van der Waals surface area (Å²) in [4.78, 5) is 9.50. The Morgan fingerprint density at radius 2 is 1.84 bits per heavy atom. The van der Waals surface area contributed by atoms with Gasteiger partial charge in [-0.1, -0.05) is 31.2 Å². The van der Waals surface area contributed by atoms with Crippen LogP contribution in [0.4, 0.5) is 0 Å². The molecule has 0 amide bonds. The molecule has 2 aromatic heterocycles. The van der Waals surface area contributed by atoms with E-state index in [1.165, 1.54) is 11.3 Å². The highest BCUT2D eigenvalue weighted by molar-refractivity contribution is 6.62. The van der Waals surface area contributed by atoms with E-state index >= 15 is 0 Å². The largest absolute Gasteiger partial charge is 0.497 e. The topological polar surface area (TPSA) is 69.4 Å². The van der Waals surface area contributed by atoms with Gasteiger partial charge in [-0.25, -0.2) is 4.98 Å². The Labute approximate surface area is 220 Å². The molecule has 1 saturated heterocycles. The molecule has 0 radical (unpaired) electrons. The molecular formula is C29H37BN4O3. The maximum atomic E-state index is 6.20. The van der Waals surface area contributed by atoms with Crippen LogP contribution in [0, 0.1) is 5.92 Å². The van der Waals surface area contributed by atoms with E-state index in [1.54, 1.807) is 7.11 Å². The quantitative estimate of drug-likeness (QED) is 0.504. The van der Waals surface area contributed by atoms with Crippen molar-refractivity contribution < 1.29 is 14.0 Å². The molecule has 37 heavy (non-hydrogen) atoms. The number of methoxy groups -OCH3 is 1. The van der Waals surface area contributed by atoms with Gasteiger partial charge in [0.2, 0.25) is 0 Å². The number of aliphatic imine (C=N–C) groups is 1. The predicted molar refractivity (Wildman–Crippen MR) is 149 cm³/mol. The maximum Gasteiger partial charge on any atom is 0.494 e. The number of nitrogens with one attached hydrogen (secondary N) is 1. The molecule has 4 heterocycles. The van der Waals surface area contributed by atoms with Gasteiger partial charge < -0.3 is 19.4 Å². The van der Waals surface area contributed by atoms with Gasteiger partial charge in [0.25, 0.3) is 0 Å². The van der Waals surface area contributed by atoms with Gasteiger partial charge in [-0.05, 0) is 69.6 Å². The molecule has 2 aliphatic rings. The first-order chi connectivity index (χ1) is 17.7. The second-order valence-corrected chi connectivity index (χ2v) is 11.0. The van der Waals surface area contributed by atoms with Crippen LogP contribution in [0.3, 0.4) is 0 Å². The summed E-state index contributed by atoms with van der Waals surface area (Å²) < 4.78 is 19.8. The fourth-order valence-corrected chi connectivity index (χ4v) is 4.72. The van der Waals surface area contributed by atoms with E-state index in [0.717, 1.165) is 54.2 Å². The van der Waals surface area contributed by atoms with E-state index in [4.69, 9.17) is 19.0 Å². The Balaban J connectivity index is 1.32. The number of allylic oxidation sites excluding steroid dienone is 2. The van der Waals surface area contributed by atoms with Crippen molar-refractivity contribution in [3.05, 3.63) is 71.8 Å². The van der Waals surface area contributed by atoms with Gasteiger partial charge in [0.1, 0.15) is 11.4 Å². The van der Waals surface area contributed by atoms with Crippen molar-refractivity contribution in [3.8, 4) is 5.75 Å². The second-order valence-electron chi connectivity index (χ2n) is 11.0. The number of aromatic nitrogens is 2. The number of hydrogen-bond donors (Lipinski definition) is 1. The third-order valence-corrected chi connectivity index (χ3v) is 7.89. The van der Waals surface area contributed by atoms with Crippen molar-refractivity contribution >= 4 is 23.9 Å². The number of fused-ring (bicyclic) bond motifs is 1. The molecule has 1 aromatic carbocycles. The standard InChI is InChI=1S/C29H37BN4O3/c1-20-8-7-14-31-25(26-19-33-27-16-23(35-6)13-15-34(26)27)17-24(20)32-18-21-9-11-22(12-10-21)30-36-28(2,3)29(4,5)37-30/h9-13,15-17,19-20,32H,7-8,14,18H2,1-6H3. The second kappa shape index (κ2) is 9.99. The molecule has 1 atom stereocenters. The number of rotatable bonds is 6. The van der Waals surface area contributed by atoms with Crippen molar-refractivity contribution in [1.29, 1.82) is 0 Å². The lowest BCUT2D eigenvalue weighted by Gasteiger charge is -2.32. The highest BCUT2D eigenvalue weighted by Gasteiger charge is 2.51. The van der Waals surface area contributed by atoms with Crippen LogP contribution in [0.1, 0.15) is 58.7 Å². The van der Waals surface area contributed by atoms with Crippen LogP contribution in [0.2, 0.25) is 0 Å². The van der Waals surface area contributed by atoms with E-state index in [1.807, 2.05) is 24.5 Å². The highest BCUT2D eigenvalue weighted by atomic mass is 16.7. The van der Waals surface area contributed by atoms with E-state index in [2.05, 4.69) is 79.7 Å². The van der Waals surface area contributed by atoms with Crippen LogP contribution in [0.25, 0.3) is 5.65 Å². The highest BCUT2D eigenvalue weighted by Crippen LogP contribution is 2.36. The SMILES string of the molecule is COc1ccn2c(C3=NCCCC(C)C(NCc4ccc(B5OC(C)(C)C(C)(C)O5)cc4)=C3)cnc2c1. The fourth-order valence-electron chi connectivity index (χ4n) is 4.72. The fraction of sp³-hybridized carbons (Fsp3) is 0.448. The smallest absolute Gasteiger partial charge is 0.494 e. The van der Waals surface area contributed by atoms with Crippen LogP contribution in [0.5, 0.6) is 5.75 Å². The number of nitrogens with zero attached hydrogens (tertiary/aromatic N) is 3. The van der Waals surface area contributed by atoms with Crippen LogP contribution < -0.4 is 15.5 Å². The average molecular weight is 500 g/mol. The molecule has 0 saturated carbocycles. The van der Waals surface area contributed by atoms with E-state index in [9.17, 15) is 0 Å². The van der Waals surface area contributed by atoms with Crippen molar-refractivity contribution in [3.63, 3.8) is 0 Å². The Hall–Kier alpha value is -3.10. The van der Waals surface area contributed by atoms with Gasteiger partial charge >= 0.3 is 7.12 Å². The summed E-state index contributed by atoms with van der Waals surface area (Å²) in [7, 11) is 1.33. The Morgan fingerprint density at radius 1 is 1.11 bits per heavy atom. The third kappa shape index (κ3) is 5.18. The molecule has 2 aliphatic heterocycles. The molecule has 5 rings (SSSR count). The Morgan fingerprint density at radius 3 is 2.54 bits per heavy atom. The van der Waals surface area contributed by atoms with Gasteiger partial charge in [0.05, 0.1) is 35.9 Å². The lowest BCUT2D eigenvalue weighted by Crippen LogP contribution is -2.41. The first-order valence-corrected chi connectivity index (χ1v) is 13.1. The lowest BCUT2D eigenvalue weighted by atomic mass is 9.79. The maximum absolute atomic E-state index is 6.20. The number of hydrogen-bond acceptors (Lipinski definition) is 6. The summed E-state index contributed by atoms with van der Waals surface area (Å²) in [5.41, 5.74) is 5.53. The van der Waals surface area contributed by atoms with Gasteiger partial charge in [-0.3, -0.25) is 9.39 Å². The zero-order valence-electron chi connectivity index (χ0n) is 22.7. The lowest BCUT2D eigenvalue weighted by molar-refractivity contribution is 0.00578. The average Bonchev–Trinajstić information content (AvgIpc) is 3.38. The molecule has 8 heteroatoms. The summed E-state index contributed by atoms with van der Waals surface area (Å²) in [5.74, 6) is 1.20. The minimum absolute atomic E-state index is 0.342. The number of benzene rings is 1. The van der Waals surface area contributed by atoms with E-state index in [-0.39, 0.29) is 18.3 Å². The van der Waals surface area contributed by atoms with Crippen molar-refractivity contribution in [2.45, 2.75) is 65.2 Å². The minimum Gasteiger partial charge on any atom is -0.497 e. The molecule has 0 spiro atoms. The molecule has 7 nitrogen and oxygen atoms in total. The van der Waals surface area contributed by atoms with Crippen LogP contribution >= 0.6 is 0 Å². The molecule has 0 aliphatic carbocycles.